The van der Waals surface area contributed by atoms with E-state index in [2.05, 4.69) is 59.0 Å². The van der Waals surface area contributed by atoms with Crippen LogP contribution in [0, 0.1) is 16.7 Å². The van der Waals surface area contributed by atoms with Crippen molar-refractivity contribution in [2.75, 3.05) is 6.54 Å². The van der Waals surface area contributed by atoms with Gasteiger partial charge in [0, 0.05) is 12.5 Å². The second-order valence-corrected chi connectivity index (χ2v) is 8.75. The van der Waals surface area contributed by atoms with E-state index >= 15 is 0 Å². The fraction of sp³-hybridized carbons (Fsp3) is 0.650. The number of amides is 1. The molecule has 1 rings (SSSR count). The summed E-state index contributed by atoms with van der Waals surface area (Å²) in [6, 6.07) is 10.3. The minimum Gasteiger partial charge on any atom is -0.356 e. The molecule has 0 bridgehead atoms. The maximum Gasteiger partial charge on any atom is 0.223 e. The maximum atomic E-state index is 12.6. The van der Waals surface area contributed by atoms with Crippen molar-refractivity contribution in [3.05, 3.63) is 35.9 Å². The number of benzene rings is 1. The van der Waals surface area contributed by atoms with Gasteiger partial charge in [-0.15, -0.1) is 0 Å². The summed E-state index contributed by atoms with van der Waals surface area (Å²) in [7, 11) is 0. The summed E-state index contributed by atoms with van der Waals surface area (Å²) in [6.07, 6.45) is 2.73. The van der Waals surface area contributed by atoms with Gasteiger partial charge in [-0.05, 0) is 35.7 Å². The Balaban J connectivity index is 2.66. The maximum absolute atomic E-state index is 12.6. The van der Waals surface area contributed by atoms with Gasteiger partial charge < -0.3 is 5.32 Å². The number of rotatable bonds is 6. The van der Waals surface area contributed by atoms with Crippen LogP contribution in [0.15, 0.2) is 30.3 Å². The molecule has 0 unspecified atom stereocenters. The zero-order valence-corrected chi connectivity index (χ0v) is 15.2. The number of nitrogens with one attached hydrogen (secondary N) is 1. The molecule has 1 N–H and O–H groups in total. The Morgan fingerprint density at radius 1 is 1.00 bits per heavy atom. The van der Waals surface area contributed by atoms with E-state index in [4.69, 9.17) is 0 Å². The Bertz CT molecular complexity index is 451. The van der Waals surface area contributed by atoms with Gasteiger partial charge >= 0.3 is 0 Å². The highest BCUT2D eigenvalue weighted by atomic mass is 16.1. The molecule has 0 heterocycles. The van der Waals surface area contributed by atoms with Crippen LogP contribution in [0.2, 0.25) is 0 Å². The van der Waals surface area contributed by atoms with Crippen LogP contribution in [0.3, 0.4) is 0 Å². The van der Waals surface area contributed by atoms with Crippen molar-refractivity contribution in [2.24, 2.45) is 16.7 Å². The van der Waals surface area contributed by atoms with Gasteiger partial charge in [0.05, 0.1) is 0 Å². The standard InChI is InChI=1S/C20H33NO/c1-19(2,3)12-13-21-18(22)17(15-20(4,5)6)14-16-10-8-7-9-11-16/h7-11,17H,12-15H2,1-6H3,(H,21,22)/t17-/m0/s1. The number of hydrogen-bond acceptors (Lipinski definition) is 1. The van der Waals surface area contributed by atoms with Crippen molar-refractivity contribution in [3.63, 3.8) is 0 Å². The van der Waals surface area contributed by atoms with Crippen LogP contribution < -0.4 is 5.32 Å². The number of carbonyl (C=O) groups excluding carboxylic acids is 1. The van der Waals surface area contributed by atoms with Crippen molar-refractivity contribution in [2.45, 2.75) is 60.8 Å². The second kappa shape index (κ2) is 7.80. The second-order valence-electron chi connectivity index (χ2n) is 8.75. The molecule has 2 heteroatoms. The molecule has 1 amide bonds. The number of hydrogen-bond donors (Lipinski definition) is 1. The van der Waals surface area contributed by atoms with Crippen LogP contribution in [-0.4, -0.2) is 12.5 Å². The van der Waals surface area contributed by atoms with E-state index in [1.165, 1.54) is 5.56 Å². The van der Waals surface area contributed by atoms with Crippen LogP contribution >= 0.6 is 0 Å². The first-order valence-corrected chi connectivity index (χ1v) is 8.38. The summed E-state index contributed by atoms with van der Waals surface area (Å²) >= 11 is 0. The molecule has 0 aromatic heterocycles. The molecule has 1 aromatic rings. The van der Waals surface area contributed by atoms with Crippen LogP contribution in [0.5, 0.6) is 0 Å². The van der Waals surface area contributed by atoms with Gasteiger partial charge in [0.1, 0.15) is 0 Å². The van der Waals surface area contributed by atoms with E-state index in [-0.39, 0.29) is 22.7 Å². The lowest BCUT2D eigenvalue weighted by atomic mass is 9.81. The molecule has 124 valence electrons. The monoisotopic (exact) mass is 303 g/mol. The first-order chi connectivity index (χ1) is 10.1. The predicted octanol–water partition coefficient (Wildman–Crippen LogP) is 4.83. The Kier molecular flexibility index (Phi) is 6.65. The van der Waals surface area contributed by atoms with Gasteiger partial charge in [0.2, 0.25) is 5.91 Å². The molecule has 2 nitrogen and oxygen atoms in total. The van der Waals surface area contributed by atoms with Gasteiger partial charge in [-0.2, -0.15) is 0 Å². The van der Waals surface area contributed by atoms with E-state index < -0.39 is 0 Å². The molecule has 0 radical (unpaired) electrons. The lowest BCUT2D eigenvalue weighted by Gasteiger charge is -2.26. The summed E-state index contributed by atoms with van der Waals surface area (Å²) in [4.78, 5) is 12.6. The zero-order valence-electron chi connectivity index (χ0n) is 15.2. The minimum absolute atomic E-state index is 0.0439. The Morgan fingerprint density at radius 2 is 1.59 bits per heavy atom. The SMILES string of the molecule is CC(C)(C)CCNC(=O)[C@@H](Cc1ccccc1)CC(C)(C)C. The third-order valence-corrected chi connectivity index (χ3v) is 3.73. The average molecular weight is 303 g/mol. The first kappa shape index (κ1) is 18.7. The lowest BCUT2D eigenvalue weighted by molar-refractivity contribution is -0.126. The molecule has 0 aliphatic rings. The third-order valence-electron chi connectivity index (χ3n) is 3.73. The van der Waals surface area contributed by atoms with Crippen molar-refractivity contribution in [1.82, 2.24) is 5.32 Å². The predicted molar refractivity (Wildman–Crippen MR) is 94.8 cm³/mol. The van der Waals surface area contributed by atoms with Crippen LogP contribution in [-0.2, 0) is 11.2 Å². The summed E-state index contributed by atoms with van der Waals surface area (Å²) in [5.41, 5.74) is 1.65. The van der Waals surface area contributed by atoms with E-state index in [0.717, 1.165) is 25.8 Å². The molecule has 0 saturated heterocycles. The van der Waals surface area contributed by atoms with Gasteiger partial charge in [-0.3, -0.25) is 4.79 Å². The molecule has 0 saturated carbocycles. The normalized spacial score (nSPS) is 13.7. The first-order valence-electron chi connectivity index (χ1n) is 8.38. The fourth-order valence-electron chi connectivity index (χ4n) is 2.60. The fourth-order valence-corrected chi connectivity index (χ4v) is 2.60. The quantitative estimate of drug-likeness (QED) is 0.801. The molecular formula is C20H33NO. The molecule has 0 spiro atoms. The van der Waals surface area contributed by atoms with Gasteiger partial charge in [-0.25, -0.2) is 0 Å². The zero-order chi connectivity index (χ0) is 16.8. The molecule has 22 heavy (non-hydrogen) atoms. The third kappa shape index (κ3) is 8.21. The largest absolute Gasteiger partial charge is 0.356 e. The molecule has 1 aromatic carbocycles. The van der Waals surface area contributed by atoms with Crippen molar-refractivity contribution < 1.29 is 4.79 Å². The molecule has 0 aliphatic heterocycles. The molecule has 1 atom stereocenters. The Morgan fingerprint density at radius 3 is 2.09 bits per heavy atom. The van der Waals surface area contributed by atoms with Crippen LogP contribution in [0.1, 0.15) is 59.9 Å². The topological polar surface area (TPSA) is 29.1 Å². The Hall–Kier alpha value is -1.31. The van der Waals surface area contributed by atoms with Crippen molar-refractivity contribution in [3.8, 4) is 0 Å². The molecule has 0 aliphatic carbocycles. The van der Waals surface area contributed by atoms with E-state index in [1.807, 2.05) is 18.2 Å². The molecular weight excluding hydrogens is 270 g/mol. The van der Waals surface area contributed by atoms with Gasteiger partial charge in [-0.1, -0.05) is 71.9 Å². The van der Waals surface area contributed by atoms with Crippen LogP contribution in [0.4, 0.5) is 0 Å². The van der Waals surface area contributed by atoms with Crippen molar-refractivity contribution >= 4 is 5.91 Å². The minimum atomic E-state index is 0.0439. The summed E-state index contributed by atoms with van der Waals surface area (Å²) in [5.74, 6) is 0.241. The summed E-state index contributed by atoms with van der Waals surface area (Å²) < 4.78 is 0. The van der Waals surface area contributed by atoms with Gasteiger partial charge in [0.25, 0.3) is 0 Å². The average Bonchev–Trinajstić information content (AvgIpc) is 2.36. The van der Waals surface area contributed by atoms with E-state index in [0.29, 0.717) is 0 Å². The highest BCUT2D eigenvalue weighted by Crippen LogP contribution is 2.27. The highest BCUT2D eigenvalue weighted by molar-refractivity contribution is 5.79. The number of carbonyl (C=O) groups is 1. The molecule has 0 fully saturated rings. The van der Waals surface area contributed by atoms with Gasteiger partial charge in [0.15, 0.2) is 0 Å². The van der Waals surface area contributed by atoms with Crippen molar-refractivity contribution in [1.29, 1.82) is 0 Å². The highest BCUT2D eigenvalue weighted by Gasteiger charge is 2.25. The Labute approximate surface area is 136 Å². The van der Waals surface area contributed by atoms with E-state index in [9.17, 15) is 4.79 Å². The summed E-state index contributed by atoms with van der Waals surface area (Å²) in [6.45, 7) is 14.0. The smallest absolute Gasteiger partial charge is 0.223 e. The van der Waals surface area contributed by atoms with E-state index in [1.54, 1.807) is 0 Å². The summed E-state index contributed by atoms with van der Waals surface area (Å²) in [5, 5.41) is 3.14. The van der Waals surface area contributed by atoms with Crippen LogP contribution in [0.25, 0.3) is 0 Å². The lowest BCUT2D eigenvalue weighted by Crippen LogP contribution is -2.35.